The molecule has 0 saturated heterocycles. The number of carbonyl (C=O) groups excluding carboxylic acids is 1. The molecule has 0 radical (unpaired) electrons. The van der Waals surface area contributed by atoms with Crippen molar-refractivity contribution in [3.05, 3.63) is 40.6 Å². The van der Waals surface area contributed by atoms with E-state index in [2.05, 4.69) is 17.4 Å². The molecular weight excluding hydrogens is 314 g/mol. The van der Waals surface area contributed by atoms with E-state index >= 15 is 0 Å². The number of unbranched alkanes of at least 4 members (excludes halogenated alkanes) is 1. The lowest BCUT2D eigenvalue weighted by Gasteiger charge is -2.16. The topological polar surface area (TPSA) is 81.1 Å². The smallest absolute Gasteiger partial charge is 0.257 e. The molecule has 2 aromatic rings. The third-order valence-electron chi connectivity index (χ3n) is 3.74. The van der Waals surface area contributed by atoms with Gasteiger partial charge in [0.25, 0.3) is 5.91 Å². The minimum Gasteiger partial charge on any atom is -0.360 e. The average Bonchev–Trinajstić information content (AvgIpc) is 2.93. The molecule has 124 valence electrons. The summed E-state index contributed by atoms with van der Waals surface area (Å²) >= 11 is 6.21. The van der Waals surface area contributed by atoms with Gasteiger partial charge in [0.2, 0.25) is 0 Å². The molecule has 2 rings (SSSR count). The maximum absolute atomic E-state index is 12.7. The first-order chi connectivity index (χ1) is 11.1. The van der Waals surface area contributed by atoms with Crippen LogP contribution in [0.1, 0.15) is 42.3 Å². The van der Waals surface area contributed by atoms with Crippen LogP contribution in [0.2, 0.25) is 5.02 Å². The first kappa shape index (κ1) is 17.5. The van der Waals surface area contributed by atoms with Crippen LogP contribution in [0, 0.1) is 6.92 Å². The third-order valence-corrected chi connectivity index (χ3v) is 4.07. The van der Waals surface area contributed by atoms with E-state index in [1.807, 2.05) is 18.2 Å². The van der Waals surface area contributed by atoms with Crippen molar-refractivity contribution in [2.75, 3.05) is 6.54 Å². The van der Waals surface area contributed by atoms with E-state index in [1.54, 1.807) is 13.0 Å². The molecule has 1 aromatic carbocycles. The summed E-state index contributed by atoms with van der Waals surface area (Å²) in [5.41, 5.74) is 7.29. The zero-order valence-corrected chi connectivity index (χ0v) is 14.2. The third kappa shape index (κ3) is 4.12. The predicted octanol–water partition coefficient (Wildman–Crippen LogP) is 3.55. The van der Waals surface area contributed by atoms with Gasteiger partial charge in [-0.3, -0.25) is 4.79 Å². The molecule has 0 spiro atoms. The summed E-state index contributed by atoms with van der Waals surface area (Å²) in [4.78, 5) is 12.7. The summed E-state index contributed by atoms with van der Waals surface area (Å²) in [5, 5.41) is 7.50. The van der Waals surface area contributed by atoms with Crippen LogP contribution >= 0.6 is 11.6 Å². The first-order valence-corrected chi connectivity index (χ1v) is 8.18. The summed E-state index contributed by atoms with van der Waals surface area (Å²) in [6, 6.07) is 7.18. The molecule has 0 aliphatic heterocycles. The number of benzene rings is 1. The minimum absolute atomic E-state index is 0.0594. The number of amides is 1. The fourth-order valence-corrected chi connectivity index (χ4v) is 2.66. The number of aromatic nitrogens is 1. The zero-order valence-electron chi connectivity index (χ0n) is 13.4. The van der Waals surface area contributed by atoms with Crippen molar-refractivity contribution in [3.63, 3.8) is 0 Å². The van der Waals surface area contributed by atoms with E-state index < -0.39 is 0 Å². The molecule has 1 atom stereocenters. The lowest BCUT2D eigenvalue weighted by Crippen LogP contribution is -2.40. The lowest BCUT2D eigenvalue weighted by atomic mass is 10.0. The summed E-state index contributed by atoms with van der Waals surface area (Å²) in [7, 11) is 0. The predicted molar refractivity (Wildman–Crippen MR) is 91.5 cm³/mol. The number of nitrogens with two attached hydrogens (primary N) is 1. The fourth-order valence-electron chi connectivity index (χ4n) is 2.43. The van der Waals surface area contributed by atoms with E-state index in [-0.39, 0.29) is 11.9 Å². The summed E-state index contributed by atoms with van der Waals surface area (Å²) in [6.07, 6.45) is 2.93. The number of nitrogens with one attached hydrogen (secondary N) is 1. The zero-order chi connectivity index (χ0) is 16.8. The van der Waals surface area contributed by atoms with E-state index in [9.17, 15) is 4.79 Å². The van der Waals surface area contributed by atoms with Crippen LogP contribution in [-0.2, 0) is 0 Å². The van der Waals surface area contributed by atoms with Crippen molar-refractivity contribution in [1.82, 2.24) is 10.5 Å². The van der Waals surface area contributed by atoms with Gasteiger partial charge < -0.3 is 15.6 Å². The average molecular weight is 336 g/mol. The first-order valence-electron chi connectivity index (χ1n) is 7.80. The van der Waals surface area contributed by atoms with E-state index in [1.165, 1.54) is 0 Å². The highest BCUT2D eigenvalue weighted by atomic mass is 35.5. The normalized spacial score (nSPS) is 12.2. The Morgan fingerprint density at radius 2 is 2.17 bits per heavy atom. The number of aryl methyl sites for hydroxylation is 1. The molecule has 1 unspecified atom stereocenters. The standard InChI is InChI=1S/C17H22ClN3O2/c1-3-4-7-12(10-19)20-17(22)15-11(2)23-21-16(15)13-8-5-6-9-14(13)18/h5-6,8-9,12H,3-4,7,10,19H2,1-2H3,(H,20,22). The maximum Gasteiger partial charge on any atom is 0.257 e. The van der Waals surface area contributed by atoms with Gasteiger partial charge in [0.1, 0.15) is 17.0 Å². The number of rotatable bonds is 7. The minimum atomic E-state index is -0.231. The number of carbonyl (C=O) groups is 1. The Labute approximate surface area is 141 Å². The molecule has 1 aromatic heterocycles. The van der Waals surface area contributed by atoms with Crippen molar-refractivity contribution in [1.29, 1.82) is 0 Å². The van der Waals surface area contributed by atoms with Gasteiger partial charge in [-0.2, -0.15) is 0 Å². The number of hydrogen-bond acceptors (Lipinski definition) is 4. The van der Waals surface area contributed by atoms with Gasteiger partial charge in [-0.25, -0.2) is 0 Å². The van der Waals surface area contributed by atoms with Crippen LogP contribution < -0.4 is 11.1 Å². The monoisotopic (exact) mass is 335 g/mol. The maximum atomic E-state index is 12.7. The van der Waals surface area contributed by atoms with Crippen molar-refractivity contribution in [2.45, 2.75) is 39.2 Å². The Hall–Kier alpha value is -1.85. The molecule has 0 fully saturated rings. The molecule has 3 N–H and O–H groups in total. The second kappa shape index (κ2) is 8.13. The molecular formula is C17H22ClN3O2. The molecule has 0 saturated carbocycles. The van der Waals surface area contributed by atoms with Crippen LogP contribution in [0.5, 0.6) is 0 Å². The highest BCUT2D eigenvalue weighted by Gasteiger charge is 2.24. The van der Waals surface area contributed by atoms with E-state index in [4.69, 9.17) is 21.9 Å². The number of nitrogens with zero attached hydrogens (tertiary/aromatic N) is 1. The largest absolute Gasteiger partial charge is 0.360 e. The molecule has 1 heterocycles. The quantitative estimate of drug-likeness (QED) is 0.810. The second-order valence-corrected chi connectivity index (χ2v) is 5.90. The Kier molecular flexibility index (Phi) is 6.19. The van der Waals surface area contributed by atoms with Crippen LogP contribution in [0.4, 0.5) is 0 Å². The van der Waals surface area contributed by atoms with Gasteiger partial charge in [-0.15, -0.1) is 0 Å². The van der Waals surface area contributed by atoms with Crippen molar-refractivity contribution >= 4 is 17.5 Å². The second-order valence-electron chi connectivity index (χ2n) is 5.49. The molecule has 0 bridgehead atoms. The van der Waals surface area contributed by atoms with E-state index in [0.29, 0.717) is 34.1 Å². The molecule has 0 aliphatic carbocycles. The number of halogens is 1. The summed E-state index contributed by atoms with van der Waals surface area (Å²) in [5.74, 6) is 0.230. The molecule has 6 heteroatoms. The summed E-state index contributed by atoms with van der Waals surface area (Å²) < 4.78 is 5.22. The van der Waals surface area contributed by atoms with E-state index in [0.717, 1.165) is 19.3 Å². The van der Waals surface area contributed by atoms with Crippen LogP contribution in [0.15, 0.2) is 28.8 Å². The van der Waals surface area contributed by atoms with Crippen molar-refractivity contribution < 1.29 is 9.32 Å². The molecule has 0 aliphatic rings. The van der Waals surface area contributed by atoms with Gasteiger partial charge >= 0.3 is 0 Å². The molecule has 5 nitrogen and oxygen atoms in total. The van der Waals surface area contributed by atoms with Crippen LogP contribution in [-0.4, -0.2) is 23.7 Å². The van der Waals surface area contributed by atoms with Gasteiger partial charge in [-0.05, 0) is 19.4 Å². The Balaban J connectivity index is 2.28. The number of hydrogen-bond donors (Lipinski definition) is 2. The highest BCUT2D eigenvalue weighted by Crippen LogP contribution is 2.30. The molecule has 23 heavy (non-hydrogen) atoms. The Morgan fingerprint density at radius 3 is 2.83 bits per heavy atom. The van der Waals surface area contributed by atoms with Crippen LogP contribution in [0.3, 0.4) is 0 Å². The SMILES string of the molecule is CCCCC(CN)NC(=O)c1c(-c2ccccc2Cl)noc1C. The van der Waals surface area contributed by atoms with Gasteiger partial charge in [0.05, 0.1) is 5.02 Å². The van der Waals surface area contributed by atoms with Gasteiger partial charge in [-0.1, -0.05) is 54.7 Å². The fraction of sp³-hybridized carbons (Fsp3) is 0.412. The molecule has 1 amide bonds. The highest BCUT2D eigenvalue weighted by molar-refractivity contribution is 6.33. The van der Waals surface area contributed by atoms with Crippen molar-refractivity contribution in [3.8, 4) is 11.3 Å². The Morgan fingerprint density at radius 1 is 1.43 bits per heavy atom. The van der Waals surface area contributed by atoms with Gasteiger partial charge in [0.15, 0.2) is 0 Å². The Bertz CT molecular complexity index is 670. The van der Waals surface area contributed by atoms with Crippen LogP contribution in [0.25, 0.3) is 11.3 Å². The van der Waals surface area contributed by atoms with Gasteiger partial charge in [0, 0.05) is 18.2 Å². The van der Waals surface area contributed by atoms with Crippen molar-refractivity contribution in [2.24, 2.45) is 5.73 Å². The summed E-state index contributed by atoms with van der Waals surface area (Å²) in [6.45, 7) is 4.22. The lowest BCUT2D eigenvalue weighted by molar-refractivity contribution is 0.0935.